The van der Waals surface area contributed by atoms with E-state index in [1.807, 2.05) is 49.4 Å². The average Bonchev–Trinajstić information content (AvgIpc) is 2.74. The van der Waals surface area contributed by atoms with Crippen molar-refractivity contribution in [2.75, 3.05) is 20.8 Å². The Labute approximate surface area is 170 Å². The van der Waals surface area contributed by atoms with E-state index in [1.54, 1.807) is 14.2 Å². The monoisotopic (exact) mass is 391 g/mol. The van der Waals surface area contributed by atoms with E-state index in [0.717, 1.165) is 40.4 Å². The predicted octanol–water partition coefficient (Wildman–Crippen LogP) is 3.32. The van der Waals surface area contributed by atoms with E-state index in [0.29, 0.717) is 25.3 Å². The molecule has 6 nitrogen and oxygen atoms in total. The zero-order valence-corrected chi connectivity index (χ0v) is 17.0. The second-order valence-corrected chi connectivity index (χ2v) is 7.31. The molecule has 0 bridgehead atoms. The van der Waals surface area contributed by atoms with Gasteiger partial charge in [0.05, 0.1) is 25.5 Å². The number of ether oxygens (including phenoxy) is 2. The number of aromatic amines is 1. The van der Waals surface area contributed by atoms with Crippen LogP contribution < -0.4 is 15.0 Å². The lowest BCUT2D eigenvalue weighted by Gasteiger charge is -2.28. The van der Waals surface area contributed by atoms with E-state index >= 15 is 0 Å². The zero-order chi connectivity index (χ0) is 20.4. The number of aryl methyl sites for hydroxylation is 1. The maximum absolute atomic E-state index is 12.6. The van der Waals surface area contributed by atoms with Crippen LogP contribution in [0, 0.1) is 6.92 Å². The van der Waals surface area contributed by atoms with Crippen molar-refractivity contribution >= 4 is 0 Å². The molecule has 0 saturated heterocycles. The highest BCUT2D eigenvalue weighted by Crippen LogP contribution is 2.31. The molecule has 2 aromatic carbocycles. The summed E-state index contributed by atoms with van der Waals surface area (Å²) in [6.07, 6.45) is 0.670. The Morgan fingerprint density at radius 2 is 1.76 bits per heavy atom. The van der Waals surface area contributed by atoms with Crippen molar-refractivity contribution in [2.45, 2.75) is 26.4 Å². The van der Waals surface area contributed by atoms with Crippen LogP contribution in [0.5, 0.6) is 11.5 Å². The Hall–Kier alpha value is -3.12. The Bertz CT molecular complexity index is 1050. The van der Waals surface area contributed by atoms with Gasteiger partial charge < -0.3 is 14.5 Å². The van der Waals surface area contributed by atoms with Crippen LogP contribution in [-0.4, -0.2) is 35.6 Å². The summed E-state index contributed by atoms with van der Waals surface area (Å²) in [4.78, 5) is 22.6. The highest BCUT2D eigenvalue weighted by atomic mass is 16.5. The van der Waals surface area contributed by atoms with Crippen LogP contribution in [0.4, 0.5) is 0 Å². The molecule has 1 aliphatic rings. The van der Waals surface area contributed by atoms with E-state index in [4.69, 9.17) is 14.5 Å². The fraction of sp³-hybridized carbons (Fsp3) is 0.304. The summed E-state index contributed by atoms with van der Waals surface area (Å²) in [5.74, 6) is 2.22. The second kappa shape index (κ2) is 8.09. The quantitative estimate of drug-likeness (QED) is 0.723. The number of H-pyrrole nitrogens is 1. The minimum atomic E-state index is -0.0416. The number of rotatable bonds is 5. The minimum absolute atomic E-state index is 0.0416. The summed E-state index contributed by atoms with van der Waals surface area (Å²) in [6, 6.07) is 13.8. The molecule has 2 heterocycles. The molecular weight excluding hydrogens is 366 g/mol. The molecule has 0 radical (unpaired) electrons. The number of nitrogens with zero attached hydrogens (tertiary/aromatic N) is 2. The number of benzene rings is 2. The molecule has 0 amide bonds. The molecule has 4 rings (SSSR count). The van der Waals surface area contributed by atoms with Crippen molar-refractivity contribution < 1.29 is 9.47 Å². The Kier molecular flexibility index (Phi) is 5.36. The van der Waals surface area contributed by atoms with Crippen LogP contribution in [0.3, 0.4) is 0 Å². The highest BCUT2D eigenvalue weighted by Gasteiger charge is 2.23. The van der Waals surface area contributed by atoms with Gasteiger partial charge in [0.2, 0.25) is 0 Å². The topological polar surface area (TPSA) is 67.5 Å². The third-order valence-corrected chi connectivity index (χ3v) is 5.39. The molecule has 0 aliphatic carbocycles. The highest BCUT2D eigenvalue weighted by molar-refractivity contribution is 5.55. The molecule has 0 spiro atoms. The van der Waals surface area contributed by atoms with Crippen molar-refractivity contribution in [3.63, 3.8) is 0 Å². The van der Waals surface area contributed by atoms with Gasteiger partial charge in [-0.1, -0.05) is 35.9 Å². The van der Waals surface area contributed by atoms with Gasteiger partial charge >= 0.3 is 0 Å². The number of fused-ring (bicyclic) bond motifs is 1. The van der Waals surface area contributed by atoms with Gasteiger partial charge in [0.1, 0.15) is 17.3 Å². The van der Waals surface area contributed by atoms with Crippen molar-refractivity contribution in [2.24, 2.45) is 0 Å². The lowest BCUT2D eigenvalue weighted by molar-refractivity contribution is 0.233. The predicted molar refractivity (Wildman–Crippen MR) is 112 cm³/mol. The maximum Gasteiger partial charge on any atom is 0.254 e. The molecular formula is C23H25N3O3. The first kappa shape index (κ1) is 19.2. The fourth-order valence-corrected chi connectivity index (χ4v) is 3.78. The summed E-state index contributed by atoms with van der Waals surface area (Å²) in [5, 5.41) is 0. The molecule has 0 unspecified atom stereocenters. The molecule has 0 atom stereocenters. The van der Waals surface area contributed by atoms with Gasteiger partial charge in [-0.3, -0.25) is 9.69 Å². The number of hydrogen-bond donors (Lipinski definition) is 1. The fourth-order valence-electron chi connectivity index (χ4n) is 3.78. The second-order valence-electron chi connectivity index (χ2n) is 7.31. The third-order valence-electron chi connectivity index (χ3n) is 5.39. The van der Waals surface area contributed by atoms with Crippen molar-refractivity contribution in [3.05, 3.63) is 75.2 Å². The number of hydrogen-bond acceptors (Lipinski definition) is 5. The smallest absolute Gasteiger partial charge is 0.254 e. The molecule has 1 N–H and O–H groups in total. The summed E-state index contributed by atoms with van der Waals surface area (Å²) in [7, 11) is 3.33. The molecule has 150 valence electrons. The van der Waals surface area contributed by atoms with Gasteiger partial charge in [-0.15, -0.1) is 0 Å². The van der Waals surface area contributed by atoms with Crippen molar-refractivity contribution in [3.8, 4) is 22.9 Å². The van der Waals surface area contributed by atoms with E-state index in [2.05, 4.69) is 9.88 Å². The lowest BCUT2D eigenvalue weighted by atomic mass is 10.0. The summed E-state index contributed by atoms with van der Waals surface area (Å²) < 4.78 is 11.1. The van der Waals surface area contributed by atoms with E-state index in [9.17, 15) is 4.79 Å². The normalized spacial score (nSPS) is 13.8. The SMILES string of the molecule is COc1cccc(OC)c1CN1CCc2c(nc(-c3ccc(C)cc3)[nH]c2=O)C1. The molecule has 0 fully saturated rings. The van der Waals surface area contributed by atoms with Crippen molar-refractivity contribution in [1.29, 1.82) is 0 Å². The van der Waals surface area contributed by atoms with Gasteiger partial charge in [0, 0.05) is 30.8 Å². The number of aromatic nitrogens is 2. The van der Waals surface area contributed by atoms with Crippen LogP contribution >= 0.6 is 0 Å². The maximum atomic E-state index is 12.6. The van der Waals surface area contributed by atoms with Crippen LogP contribution in [-0.2, 0) is 19.5 Å². The summed E-state index contributed by atoms with van der Waals surface area (Å²) in [5.41, 5.74) is 4.67. The van der Waals surface area contributed by atoms with E-state index in [-0.39, 0.29) is 5.56 Å². The minimum Gasteiger partial charge on any atom is -0.496 e. The Morgan fingerprint density at radius 3 is 2.41 bits per heavy atom. The molecule has 6 heteroatoms. The summed E-state index contributed by atoms with van der Waals surface area (Å²) >= 11 is 0. The van der Waals surface area contributed by atoms with Gasteiger partial charge in [-0.25, -0.2) is 4.98 Å². The van der Waals surface area contributed by atoms with Crippen molar-refractivity contribution in [1.82, 2.24) is 14.9 Å². The van der Waals surface area contributed by atoms with Crippen LogP contribution in [0.25, 0.3) is 11.4 Å². The van der Waals surface area contributed by atoms with Gasteiger partial charge in [0.15, 0.2) is 0 Å². The molecule has 3 aromatic rings. The molecule has 29 heavy (non-hydrogen) atoms. The third kappa shape index (κ3) is 3.89. The number of methoxy groups -OCH3 is 2. The average molecular weight is 391 g/mol. The first-order valence-corrected chi connectivity index (χ1v) is 9.70. The van der Waals surface area contributed by atoms with Crippen LogP contribution in [0.2, 0.25) is 0 Å². The van der Waals surface area contributed by atoms with E-state index < -0.39 is 0 Å². The molecule has 1 aromatic heterocycles. The molecule has 0 saturated carbocycles. The Balaban J connectivity index is 1.63. The van der Waals surface area contributed by atoms with Gasteiger partial charge in [0.25, 0.3) is 5.56 Å². The summed E-state index contributed by atoms with van der Waals surface area (Å²) in [6.45, 7) is 4.10. The van der Waals surface area contributed by atoms with Crippen LogP contribution in [0.15, 0.2) is 47.3 Å². The Morgan fingerprint density at radius 1 is 1.07 bits per heavy atom. The van der Waals surface area contributed by atoms with Crippen LogP contribution in [0.1, 0.15) is 22.4 Å². The zero-order valence-electron chi connectivity index (χ0n) is 17.0. The first-order chi connectivity index (χ1) is 14.1. The van der Waals surface area contributed by atoms with Gasteiger partial charge in [-0.2, -0.15) is 0 Å². The first-order valence-electron chi connectivity index (χ1n) is 9.70. The lowest BCUT2D eigenvalue weighted by Crippen LogP contribution is -2.35. The number of nitrogens with one attached hydrogen (secondary N) is 1. The largest absolute Gasteiger partial charge is 0.496 e. The molecule has 1 aliphatic heterocycles. The standard InChI is InChI=1S/C23H25N3O3/c1-15-7-9-16(10-8-15)22-24-19-14-26(12-11-17(19)23(27)25-22)13-18-20(28-2)5-4-6-21(18)29-3/h4-10H,11-14H2,1-3H3,(H,24,25,27). The van der Waals surface area contributed by atoms with E-state index in [1.165, 1.54) is 5.56 Å². The van der Waals surface area contributed by atoms with Gasteiger partial charge in [-0.05, 0) is 25.5 Å².